The van der Waals surface area contributed by atoms with E-state index in [1.54, 1.807) is 0 Å². The van der Waals surface area contributed by atoms with Gasteiger partial charge in [0, 0.05) is 12.2 Å². The van der Waals surface area contributed by atoms with E-state index < -0.39 is 0 Å². The fraction of sp³-hybridized carbons (Fsp3) is 0.647. The lowest BCUT2D eigenvalue weighted by Gasteiger charge is -2.08. The van der Waals surface area contributed by atoms with Gasteiger partial charge < -0.3 is 5.32 Å². The Morgan fingerprint density at radius 3 is 2.11 bits per heavy atom. The third-order valence-corrected chi connectivity index (χ3v) is 3.49. The lowest BCUT2D eigenvalue weighted by molar-refractivity contribution is 0.581. The molecule has 0 aliphatic carbocycles. The molecule has 1 aromatic carbocycles. The van der Waals surface area contributed by atoms with Gasteiger partial charge in [-0.15, -0.1) is 0 Å². The quantitative estimate of drug-likeness (QED) is 0.535. The molecule has 1 nitrogen and oxygen atoms in total. The van der Waals surface area contributed by atoms with Crippen molar-refractivity contribution in [3.63, 3.8) is 0 Å². The minimum Gasteiger partial charge on any atom is -0.385 e. The molecule has 0 amide bonds. The first kappa shape index (κ1) is 15.1. The van der Waals surface area contributed by atoms with Crippen LogP contribution in [-0.2, 0) is 0 Å². The molecule has 0 aliphatic rings. The van der Waals surface area contributed by atoms with Gasteiger partial charge in [0.2, 0.25) is 0 Å². The standard InChI is InChI=1S/C17H29N/c1-3-4-5-6-7-8-9-12-15-18-17-14-11-10-13-16(17)2/h10-11,13-14,18H,3-9,12,15H2,1-2H3. The number of aryl methyl sites for hydroxylation is 1. The summed E-state index contributed by atoms with van der Waals surface area (Å²) < 4.78 is 0. The number of nitrogens with one attached hydrogen (secondary N) is 1. The molecule has 1 aromatic rings. The van der Waals surface area contributed by atoms with Crippen LogP contribution in [0.25, 0.3) is 0 Å². The molecular weight excluding hydrogens is 218 g/mol. The third kappa shape index (κ3) is 6.68. The van der Waals surface area contributed by atoms with Crippen LogP contribution >= 0.6 is 0 Å². The summed E-state index contributed by atoms with van der Waals surface area (Å²) >= 11 is 0. The van der Waals surface area contributed by atoms with Crippen molar-refractivity contribution in [1.29, 1.82) is 0 Å². The van der Waals surface area contributed by atoms with Gasteiger partial charge in [0.15, 0.2) is 0 Å². The molecule has 0 bridgehead atoms. The fourth-order valence-corrected chi connectivity index (χ4v) is 2.25. The molecule has 18 heavy (non-hydrogen) atoms. The predicted molar refractivity (Wildman–Crippen MR) is 82.3 cm³/mol. The van der Waals surface area contributed by atoms with E-state index in [4.69, 9.17) is 0 Å². The minimum atomic E-state index is 1.11. The molecule has 0 fully saturated rings. The molecule has 0 atom stereocenters. The summed E-state index contributed by atoms with van der Waals surface area (Å²) in [4.78, 5) is 0. The minimum absolute atomic E-state index is 1.11. The van der Waals surface area contributed by atoms with Crippen LogP contribution in [0.1, 0.15) is 63.9 Å². The lowest BCUT2D eigenvalue weighted by atomic mass is 10.1. The highest BCUT2D eigenvalue weighted by Gasteiger charge is 1.95. The van der Waals surface area contributed by atoms with E-state index in [0.717, 1.165) is 6.54 Å². The van der Waals surface area contributed by atoms with E-state index in [9.17, 15) is 0 Å². The summed E-state index contributed by atoms with van der Waals surface area (Å²) in [6, 6.07) is 8.52. The molecule has 0 radical (unpaired) electrons. The first-order chi connectivity index (χ1) is 8.84. The summed E-state index contributed by atoms with van der Waals surface area (Å²) in [6.45, 7) is 5.55. The second-order valence-electron chi connectivity index (χ2n) is 5.22. The molecule has 0 unspecified atom stereocenters. The maximum Gasteiger partial charge on any atom is 0.0369 e. The number of rotatable bonds is 10. The Hall–Kier alpha value is -0.980. The first-order valence-corrected chi connectivity index (χ1v) is 7.64. The molecular formula is C17H29N. The van der Waals surface area contributed by atoms with Gasteiger partial charge in [-0.1, -0.05) is 70.1 Å². The van der Waals surface area contributed by atoms with Crippen molar-refractivity contribution < 1.29 is 0 Å². The maximum atomic E-state index is 3.52. The molecule has 0 saturated heterocycles. The number of hydrogen-bond donors (Lipinski definition) is 1. The van der Waals surface area contributed by atoms with Crippen LogP contribution in [0.15, 0.2) is 24.3 Å². The van der Waals surface area contributed by atoms with Crippen molar-refractivity contribution in [1.82, 2.24) is 0 Å². The third-order valence-electron chi connectivity index (χ3n) is 3.49. The molecule has 0 spiro atoms. The highest BCUT2D eigenvalue weighted by molar-refractivity contribution is 5.49. The van der Waals surface area contributed by atoms with Gasteiger partial charge in [0.05, 0.1) is 0 Å². The van der Waals surface area contributed by atoms with E-state index in [-0.39, 0.29) is 0 Å². The summed E-state index contributed by atoms with van der Waals surface area (Å²) in [5.74, 6) is 0. The zero-order valence-electron chi connectivity index (χ0n) is 12.2. The Morgan fingerprint density at radius 1 is 0.833 bits per heavy atom. The van der Waals surface area contributed by atoms with E-state index in [1.807, 2.05) is 0 Å². The summed E-state index contributed by atoms with van der Waals surface area (Å²) in [5, 5.41) is 3.52. The summed E-state index contributed by atoms with van der Waals surface area (Å²) in [5.41, 5.74) is 2.64. The highest BCUT2D eigenvalue weighted by Crippen LogP contribution is 2.13. The van der Waals surface area contributed by atoms with Crippen molar-refractivity contribution in [3.8, 4) is 0 Å². The Bertz CT molecular complexity index is 306. The number of hydrogen-bond acceptors (Lipinski definition) is 1. The van der Waals surface area contributed by atoms with Crippen LogP contribution in [0.4, 0.5) is 5.69 Å². The molecule has 1 rings (SSSR count). The van der Waals surface area contributed by atoms with Crippen molar-refractivity contribution in [2.24, 2.45) is 0 Å². The number of anilines is 1. The Labute approximate surface area is 113 Å². The molecule has 0 aromatic heterocycles. The maximum absolute atomic E-state index is 3.52. The van der Waals surface area contributed by atoms with Crippen LogP contribution in [0.2, 0.25) is 0 Å². The van der Waals surface area contributed by atoms with Crippen molar-refractivity contribution >= 4 is 5.69 Å². The average molecular weight is 247 g/mol. The van der Waals surface area contributed by atoms with E-state index in [0.29, 0.717) is 0 Å². The van der Waals surface area contributed by atoms with E-state index in [1.165, 1.54) is 62.6 Å². The largest absolute Gasteiger partial charge is 0.385 e. The zero-order valence-corrected chi connectivity index (χ0v) is 12.2. The van der Waals surface area contributed by atoms with Crippen LogP contribution in [0.5, 0.6) is 0 Å². The molecule has 0 heterocycles. The van der Waals surface area contributed by atoms with Crippen LogP contribution in [0, 0.1) is 6.92 Å². The van der Waals surface area contributed by atoms with Crippen LogP contribution < -0.4 is 5.32 Å². The van der Waals surface area contributed by atoms with Gasteiger partial charge in [-0.3, -0.25) is 0 Å². The molecule has 1 heteroatoms. The average Bonchev–Trinajstić information content (AvgIpc) is 2.39. The van der Waals surface area contributed by atoms with Crippen molar-refractivity contribution in [3.05, 3.63) is 29.8 Å². The predicted octanol–water partition coefficient (Wildman–Crippen LogP) is 5.55. The van der Waals surface area contributed by atoms with Crippen molar-refractivity contribution in [2.75, 3.05) is 11.9 Å². The fourth-order valence-electron chi connectivity index (χ4n) is 2.25. The second-order valence-corrected chi connectivity index (χ2v) is 5.22. The zero-order chi connectivity index (χ0) is 13.1. The summed E-state index contributed by atoms with van der Waals surface area (Å²) in [7, 11) is 0. The van der Waals surface area contributed by atoms with Crippen LogP contribution in [0.3, 0.4) is 0 Å². The topological polar surface area (TPSA) is 12.0 Å². The highest BCUT2D eigenvalue weighted by atomic mass is 14.9. The number of unbranched alkanes of at least 4 members (excludes halogenated alkanes) is 7. The van der Waals surface area contributed by atoms with Crippen LogP contribution in [-0.4, -0.2) is 6.54 Å². The monoisotopic (exact) mass is 247 g/mol. The van der Waals surface area contributed by atoms with Gasteiger partial charge in [0.1, 0.15) is 0 Å². The molecule has 0 saturated carbocycles. The normalized spacial score (nSPS) is 10.6. The first-order valence-electron chi connectivity index (χ1n) is 7.64. The SMILES string of the molecule is CCCCCCCCCCNc1ccccc1C. The Balaban J connectivity index is 1.94. The van der Waals surface area contributed by atoms with Gasteiger partial charge in [-0.25, -0.2) is 0 Å². The second kappa shape index (κ2) is 9.99. The smallest absolute Gasteiger partial charge is 0.0369 e. The van der Waals surface area contributed by atoms with Gasteiger partial charge >= 0.3 is 0 Å². The number of benzene rings is 1. The number of para-hydroxylation sites is 1. The Morgan fingerprint density at radius 2 is 1.44 bits per heavy atom. The van der Waals surface area contributed by atoms with E-state index in [2.05, 4.69) is 43.4 Å². The molecule has 1 N–H and O–H groups in total. The molecule has 0 aliphatic heterocycles. The summed E-state index contributed by atoms with van der Waals surface area (Å²) in [6.07, 6.45) is 11.1. The van der Waals surface area contributed by atoms with E-state index >= 15 is 0 Å². The van der Waals surface area contributed by atoms with Crippen molar-refractivity contribution in [2.45, 2.75) is 65.2 Å². The molecule has 102 valence electrons. The lowest BCUT2D eigenvalue weighted by Crippen LogP contribution is -2.02. The van der Waals surface area contributed by atoms with Gasteiger partial charge in [0.25, 0.3) is 0 Å². The van der Waals surface area contributed by atoms with Gasteiger partial charge in [-0.05, 0) is 25.0 Å². The Kier molecular flexibility index (Phi) is 8.37. The van der Waals surface area contributed by atoms with Gasteiger partial charge in [-0.2, -0.15) is 0 Å².